The molecule has 1 nitrogen and oxygen atoms in total. The predicted molar refractivity (Wildman–Crippen MR) is 59.2 cm³/mol. The summed E-state index contributed by atoms with van der Waals surface area (Å²) in [6, 6.07) is 14.7. The standard InChI is InChI=1S/C10H6O.C3H8.7Y/c11-10-6-5-8-3-1-2-4-9(8)7-10;1-3-2;;;;;;;/h2-5,7,11H;3H2,1-2H3;;;;;;;/q-2;;;;;;;;. The Morgan fingerprint density at radius 3 is 1.81 bits per heavy atom. The van der Waals surface area contributed by atoms with Crippen molar-refractivity contribution in [3.63, 3.8) is 0 Å². The zero-order valence-corrected chi connectivity index (χ0v) is 32.5. The molecule has 7 radical (unpaired) electrons. The topological polar surface area (TPSA) is 20.2 Å². The first-order valence-electron chi connectivity index (χ1n) is 4.78. The second-order valence-electron chi connectivity index (χ2n) is 3.08. The second-order valence-corrected chi connectivity index (χ2v) is 3.08. The Bertz CT molecular complexity index is 412. The first-order chi connectivity index (χ1) is 6.77. The summed E-state index contributed by atoms with van der Waals surface area (Å²) in [5, 5.41) is 11.1. The van der Waals surface area contributed by atoms with Crippen molar-refractivity contribution in [2.45, 2.75) is 20.3 Å². The van der Waals surface area contributed by atoms with Gasteiger partial charge in [-0.1, -0.05) is 20.3 Å². The molecule has 2 aromatic carbocycles. The Balaban J connectivity index is -0.0000000367. The van der Waals surface area contributed by atoms with Crippen molar-refractivity contribution in [3.8, 4) is 5.75 Å². The fraction of sp³-hybridized carbons (Fsp3) is 0.231. The number of phenols is 1. The number of hydrogen-bond acceptors (Lipinski definition) is 1. The molecule has 0 spiro atoms. The Morgan fingerprint density at radius 1 is 0.857 bits per heavy atom. The van der Waals surface area contributed by atoms with Gasteiger partial charge >= 0.3 is 0 Å². The van der Waals surface area contributed by atoms with E-state index >= 15 is 0 Å². The molecule has 0 atom stereocenters. The van der Waals surface area contributed by atoms with Gasteiger partial charge in [0, 0.05) is 235 Å². The Kier molecular flexibility index (Phi) is 67.4. The quantitative estimate of drug-likeness (QED) is 0.405. The molecule has 1 N–H and O–H groups in total. The van der Waals surface area contributed by atoms with Crippen LogP contribution < -0.4 is 0 Å². The molecule has 0 aliphatic heterocycles. The monoisotopic (exact) mass is 808 g/mol. The fourth-order valence-corrected chi connectivity index (χ4v) is 1.05. The summed E-state index contributed by atoms with van der Waals surface area (Å²) in [6.45, 7) is 4.25. The normalized spacial score (nSPS) is 6.19. The van der Waals surface area contributed by atoms with E-state index in [4.69, 9.17) is 5.11 Å². The maximum Gasteiger partial charge on any atom is 0.00358 e. The van der Waals surface area contributed by atoms with Gasteiger partial charge < -0.3 is 5.11 Å². The molecule has 0 fully saturated rings. The van der Waals surface area contributed by atoms with E-state index in [-0.39, 0.29) is 235 Å². The molecule has 0 unspecified atom stereocenters. The zero-order chi connectivity index (χ0) is 10.4. The van der Waals surface area contributed by atoms with Gasteiger partial charge in [0.15, 0.2) is 0 Å². The Hall–Kier alpha value is 6.23. The molecule has 0 amide bonds. The molecule has 0 aliphatic rings. The third-order valence-corrected chi connectivity index (χ3v) is 1.60. The molecule has 0 aliphatic carbocycles. The van der Waals surface area contributed by atoms with Crippen molar-refractivity contribution >= 4 is 10.8 Å². The largest absolute Gasteiger partial charge is 0.534 e. The number of rotatable bonds is 0. The van der Waals surface area contributed by atoms with E-state index in [1.165, 1.54) is 6.42 Å². The summed E-state index contributed by atoms with van der Waals surface area (Å²) in [6.07, 6.45) is 1.25. The van der Waals surface area contributed by atoms with Crippen LogP contribution in [0.25, 0.3) is 10.8 Å². The van der Waals surface area contributed by atoms with Crippen molar-refractivity contribution in [2.24, 2.45) is 0 Å². The average Bonchev–Trinajstić information content (AvgIpc) is 2.19. The van der Waals surface area contributed by atoms with Crippen LogP contribution in [0.4, 0.5) is 0 Å². The first-order valence-corrected chi connectivity index (χ1v) is 4.78. The van der Waals surface area contributed by atoms with Gasteiger partial charge in [-0.25, -0.2) is 0 Å². The van der Waals surface area contributed by atoms with Crippen LogP contribution in [0, 0.1) is 12.1 Å². The minimum Gasteiger partial charge on any atom is -0.534 e. The van der Waals surface area contributed by atoms with E-state index in [1.54, 1.807) is 12.1 Å². The molecule has 21 heavy (non-hydrogen) atoms. The molecule has 95 valence electrons. The maximum atomic E-state index is 9.06. The molecule has 8 heteroatoms. The third kappa shape index (κ3) is 22.4. The fourth-order valence-electron chi connectivity index (χ4n) is 1.05. The number of benzene rings is 2. The molecule has 0 heterocycles. The second kappa shape index (κ2) is 30.9. The molecule has 0 saturated carbocycles. The zero-order valence-electron chi connectivity index (χ0n) is 12.6. The maximum absolute atomic E-state index is 9.06. The number of aromatic hydroxyl groups is 1. The average molecular weight is 809 g/mol. The molecule has 2 aromatic rings. The molecule has 0 aromatic heterocycles. The van der Waals surface area contributed by atoms with Crippen molar-refractivity contribution in [2.75, 3.05) is 0 Å². The summed E-state index contributed by atoms with van der Waals surface area (Å²) in [7, 11) is 0. The summed E-state index contributed by atoms with van der Waals surface area (Å²) in [5.41, 5.74) is 0. The SMILES string of the molecule is CCC.Oc1[c-]cc2c[c-]ccc2c1.[Y].[Y].[Y].[Y].[Y].[Y].[Y]. The summed E-state index contributed by atoms with van der Waals surface area (Å²) >= 11 is 0. The van der Waals surface area contributed by atoms with Crippen LogP contribution in [0.2, 0.25) is 0 Å². The van der Waals surface area contributed by atoms with E-state index < -0.39 is 0 Å². The van der Waals surface area contributed by atoms with Gasteiger partial charge in [0.25, 0.3) is 0 Å². The van der Waals surface area contributed by atoms with Crippen molar-refractivity contribution in [3.05, 3.63) is 42.5 Å². The van der Waals surface area contributed by atoms with E-state index in [2.05, 4.69) is 26.0 Å². The van der Waals surface area contributed by atoms with Crippen LogP contribution in [-0.4, -0.2) is 5.11 Å². The van der Waals surface area contributed by atoms with Gasteiger partial charge in [0.2, 0.25) is 0 Å². The molecule has 2 rings (SSSR count). The van der Waals surface area contributed by atoms with E-state index in [0.717, 1.165) is 10.8 Å². The van der Waals surface area contributed by atoms with Gasteiger partial charge in [0.05, 0.1) is 0 Å². The van der Waals surface area contributed by atoms with Crippen LogP contribution in [-0.2, 0) is 229 Å². The van der Waals surface area contributed by atoms with Crippen LogP contribution in [0.3, 0.4) is 0 Å². The van der Waals surface area contributed by atoms with Crippen LogP contribution in [0.5, 0.6) is 5.75 Å². The summed E-state index contributed by atoms with van der Waals surface area (Å²) < 4.78 is 0. The smallest absolute Gasteiger partial charge is 0.00358 e. The Labute approximate surface area is 305 Å². The number of phenolic OH excluding ortho intramolecular Hbond substituents is 1. The summed E-state index contributed by atoms with van der Waals surface area (Å²) in [5.74, 6) is 0.184. The van der Waals surface area contributed by atoms with E-state index in [9.17, 15) is 0 Å². The summed E-state index contributed by atoms with van der Waals surface area (Å²) in [4.78, 5) is 0. The number of fused-ring (bicyclic) bond motifs is 1. The minimum atomic E-state index is 0. The van der Waals surface area contributed by atoms with Crippen molar-refractivity contribution in [1.29, 1.82) is 0 Å². The van der Waals surface area contributed by atoms with Gasteiger partial charge in [-0.15, -0.1) is 12.1 Å². The predicted octanol–water partition coefficient (Wildman–Crippen LogP) is 3.54. The van der Waals surface area contributed by atoms with E-state index in [1.807, 2.05) is 18.2 Å². The van der Waals surface area contributed by atoms with Gasteiger partial charge in [0.1, 0.15) is 0 Å². The van der Waals surface area contributed by atoms with Crippen molar-refractivity contribution in [1.82, 2.24) is 0 Å². The minimum absolute atomic E-state index is 0. The molecular weight excluding hydrogens is 794 g/mol. The number of hydrogen-bond donors (Lipinski definition) is 1. The molecule has 0 saturated heterocycles. The third-order valence-electron chi connectivity index (χ3n) is 1.60. The van der Waals surface area contributed by atoms with Gasteiger partial charge in [-0.2, -0.15) is 41.1 Å². The van der Waals surface area contributed by atoms with Gasteiger partial charge in [-0.05, 0) is 0 Å². The molecule has 0 bridgehead atoms. The van der Waals surface area contributed by atoms with Crippen LogP contribution in [0.15, 0.2) is 30.3 Å². The van der Waals surface area contributed by atoms with E-state index in [0.29, 0.717) is 0 Å². The van der Waals surface area contributed by atoms with Gasteiger partial charge in [-0.3, -0.25) is 0 Å². The van der Waals surface area contributed by atoms with Crippen LogP contribution in [0.1, 0.15) is 20.3 Å². The molecular formula is C13H14OY7-2. The van der Waals surface area contributed by atoms with Crippen molar-refractivity contribution < 1.29 is 234 Å². The Morgan fingerprint density at radius 2 is 1.33 bits per heavy atom. The first kappa shape index (κ1) is 45.8. The van der Waals surface area contributed by atoms with Crippen LogP contribution >= 0.6 is 0 Å².